The van der Waals surface area contributed by atoms with Crippen LogP contribution in [0.25, 0.3) is 0 Å². The number of ether oxygens (including phenoxy) is 2. The number of nitrogens with two attached hydrogens (primary N) is 1. The second-order valence-corrected chi connectivity index (χ2v) is 4.57. The molecule has 0 aliphatic heterocycles. The molecule has 0 saturated carbocycles. The zero-order valence-electron chi connectivity index (χ0n) is 11.7. The first-order valence-corrected chi connectivity index (χ1v) is 6.79. The molecule has 0 aromatic heterocycles. The van der Waals surface area contributed by atoms with Crippen LogP contribution in [0.2, 0.25) is 0 Å². The van der Waals surface area contributed by atoms with Gasteiger partial charge in [-0.2, -0.15) is 0 Å². The fourth-order valence-electron chi connectivity index (χ4n) is 1.82. The minimum atomic E-state index is 0.260. The Hall–Kier alpha value is -1.22. The maximum atomic E-state index is 5.99. The lowest BCUT2D eigenvalue weighted by Crippen LogP contribution is -2.28. The molecule has 0 bridgehead atoms. The Kier molecular flexibility index (Phi) is 6.58. The Bertz CT molecular complexity index is 341. The Morgan fingerprint density at radius 1 is 1.11 bits per heavy atom. The molecule has 0 aliphatic rings. The van der Waals surface area contributed by atoms with Gasteiger partial charge < -0.3 is 15.2 Å². The van der Waals surface area contributed by atoms with Crippen LogP contribution in [0.1, 0.15) is 33.6 Å². The minimum Gasteiger partial charge on any atom is -0.490 e. The van der Waals surface area contributed by atoms with Crippen LogP contribution in [-0.2, 0) is 0 Å². The molecular formula is C15H25NO2. The largest absolute Gasteiger partial charge is 0.490 e. The number of rotatable bonds is 8. The molecule has 2 N–H and O–H groups in total. The summed E-state index contributed by atoms with van der Waals surface area (Å²) in [6, 6.07) is 8.04. The van der Waals surface area contributed by atoms with E-state index in [1.807, 2.05) is 31.2 Å². The Morgan fingerprint density at radius 2 is 1.72 bits per heavy atom. The lowest BCUT2D eigenvalue weighted by Gasteiger charge is -2.18. The normalized spacial score (nSPS) is 14.0. The summed E-state index contributed by atoms with van der Waals surface area (Å²) in [5.74, 6) is 2.11. The third kappa shape index (κ3) is 4.57. The van der Waals surface area contributed by atoms with Crippen LogP contribution in [0, 0.1) is 5.92 Å². The van der Waals surface area contributed by atoms with E-state index in [0.717, 1.165) is 24.3 Å². The van der Waals surface area contributed by atoms with E-state index < -0.39 is 0 Å². The Labute approximate surface area is 110 Å². The Balaban J connectivity index is 2.43. The van der Waals surface area contributed by atoms with Crippen LogP contribution in [0.4, 0.5) is 0 Å². The van der Waals surface area contributed by atoms with Crippen molar-refractivity contribution in [1.82, 2.24) is 0 Å². The maximum absolute atomic E-state index is 5.99. The molecule has 3 heteroatoms. The average molecular weight is 251 g/mol. The van der Waals surface area contributed by atoms with Gasteiger partial charge in [-0.05, 0) is 37.8 Å². The highest BCUT2D eigenvalue weighted by atomic mass is 16.5. The van der Waals surface area contributed by atoms with Crippen molar-refractivity contribution in [2.75, 3.05) is 13.2 Å². The Morgan fingerprint density at radius 3 is 2.28 bits per heavy atom. The molecule has 0 heterocycles. The summed E-state index contributed by atoms with van der Waals surface area (Å²) in [5.41, 5.74) is 5.99. The predicted molar refractivity (Wildman–Crippen MR) is 75.2 cm³/mol. The van der Waals surface area contributed by atoms with Gasteiger partial charge >= 0.3 is 0 Å². The van der Waals surface area contributed by atoms with E-state index in [1.165, 1.54) is 0 Å². The summed E-state index contributed by atoms with van der Waals surface area (Å²) in [5, 5.41) is 0. The van der Waals surface area contributed by atoms with Crippen LogP contribution >= 0.6 is 0 Å². The van der Waals surface area contributed by atoms with E-state index in [-0.39, 0.29) is 6.04 Å². The smallest absolute Gasteiger partial charge is 0.161 e. The molecule has 1 aromatic rings. The summed E-state index contributed by atoms with van der Waals surface area (Å²) < 4.78 is 11.3. The van der Waals surface area contributed by atoms with Crippen molar-refractivity contribution >= 4 is 0 Å². The molecule has 0 radical (unpaired) electrons. The lowest BCUT2D eigenvalue weighted by molar-refractivity contribution is 0.248. The number of hydrogen-bond acceptors (Lipinski definition) is 3. The van der Waals surface area contributed by atoms with Crippen LogP contribution < -0.4 is 15.2 Å². The molecule has 18 heavy (non-hydrogen) atoms. The first-order valence-electron chi connectivity index (χ1n) is 6.79. The van der Waals surface area contributed by atoms with E-state index in [9.17, 15) is 0 Å². The molecule has 2 atom stereocenters. The van der Waals surface area contributed by atoms with Crippen molar-refractivity contribution in [1.29, 1.82) is 0 Å². The lowest BCUT2D eigenvalue weighted by atomic mass is 9.98. The standard InChI is InChI=1S/C15H25NO2/c1-4-13(16)12(3)10-11-18-15-9-7-6-8-14(15)17-5-2/h6-9,12-13H,4-5,10-11,16H2,1-3H3. The fourth-order valence-corrected chi connectivity index (χ4v) is 1.82. The van der Waals surface area contributed by atoms with Crippen LogP contribution in [-0.4, -0.2) is 19.3 Å². The monoisotopic (exact) mass is 251 g/mol. The molecule has 3 nitrogen and oxygen atoms in total. The summed E-state index contributed by atoms with van der Waals surface area (Å²) in [6.07, 6.45) is 1.98. The summed E-state index contributed by atoms with van der Waals surface area (Å²) in [4.78, 5) is 0. The summed E-state index contributed by atoms with van der Waals surface area (Å²) in [7, 11) is 0. The fraction of sp³-hybridized carbons (Fsp3) is 0.600. The highest BCUT2D eigenvalue weighted by Crippen LogP contribution is 2.26. The first-order chi connectivity index (χ1) is 8.69. The second-order valence-electron chi connectivity index (χ2n) is 4.57. The molecule has 102 valence electrons. The van der Waals surface area contributed by atoms with Crippen molar-refractivity contribution in [2.24, 2.45) is 11.7 Å². The zero-order valence-corrected chi connectivity index (χ0v) is 11.7. The van der Waals surface area contributed by atoms with Gasteiger partial charge in [0.25, 0.3) is 0 Å². The highest BCUT2D eigenvalue weighted by Gasteiger charge is 2.11. The van der Waals surface area contributed by atoms with Gasteiger partial charge in [0.05, 0.1) is 13.2 Å². The summed E-state index contributed by atoms with van der Waals surface area (Å²) >= 11 is 0. The third-order valence-electron chi connectivity index (χ3n) is 3.18. The van der Waals surface area contributed by atoms with Crippen LogP contribution in [0.5, 0.6) is 11.5 Å². The van der Waals surface area contributed by atoms with E-state index in [4.69, 9.17) is 15.2 Å². The molecule has 1 rings (SSSR count). The van der Waals surface area contributed by atoms with Gasteiger partial charge in [-0.1, -0.05) is 26.0 Å². The first kappa shape index (κ1) is 14.8. The van der Waals surface area contributed by atoms with Gasteiger partial charge in [-0.15, -0.1) is 0 Å². The van der Waals surface area contributed by atoms with Crippen molar-refractivity contribution in [3.63, 3.8) is 0 Å². The zero-order chi connectivity index (χ0) is 13.4. The molecule has 1 aromatic carbocycles. The second kappa shape index (κ2) is 7.98. The number of hydrogen-bond donors (Lipinski definition) is 1. The van der Waals surface area contributed by atoms with Crippen LogP contribution in [0.15, 0.2) is 24.3 Å². The van der Waals surface area contributed by atoms with Gasteiger partial charge in [0, 0.05) is 6.04 Å². The maximum Gasteiger partial charge on any atom is 0.161 e. The number of benzene rings is 1. The van der Waals surface area contributed by atoms with E-state index in [1.54, 1.807) is 0 Å². The van der Waals surface area contributed by atoms with Gasteiger partial charge in [0.1, 0.15) is 0 Å². The average Bonchev–Trinajstić information content (AvgIpc) is 2.40. The van der Waals surface area contributed by atoms with Crippen molar-refractivity contribution in [3.05, 3.63) is 24.3 Å². The summed E-state index contributed by atoms with van der Waals surface area (Å²) in [6.45, 7) is 7.59. The van der Waals surface area contributed by atoms with Crippen molar-refractivity contribution < 1.29 is 9.47 Å². The highest BCUT2D eigenvalue weighted by molar-refractivity contribution is 5.39. The van der Waals surface area contributed by atoms with E-state index >= 15 is 0 Å². The molecule has 0 spiro atoms. The van der Waals surface area contributed by atoms with Crippen molar-refractivity contribution in [2.45, 2.75) is 39.7 Å². The molecule has 0 amide bonds. The third-order valence-corrected chi connectivity index (χ3v) is 3.18. The molecule has 0 fully saturated rings. The molecule has 0 saturated heterocycles. The quantitative estimate of drug-likeness (QED) is 0.771. The van der Waals surface area contributed by atoms with Gasteiger partial charge in [0.2, 0.25) is 0 Å². The molecule has 2 unspecified atom stereocenters. The van der Waals surface area contributed by atoms with Gasteiger partial charge in [-0.25, -0.2) is 0 Å². The van der Waals surface area contributed by atoms with Crippen LogP contribution in [0.3, 0.4) is 0 Å². The van der Waals surface area contributed by atoms with E-state index in [2.05, 4.69) is 13.8 Å². The van der Waals surface area contributed by atoms with E-state index in [0.29, 0.717) is 19.1 Å². The molecule has 0 aliphatic carbocycles. The molecular weight excluding hydrogens is 226 g/mol. The van der Waals surface area contributed by atoms with Gasteiger partial charge in [0.15, 0.2) is 11.5 Å². The topological polar surface area (TPSA) is 44.5 Å². The van der Waals surface area contributed by atoms with Gasteiger partial charge in [-0.3, -0.25) is 0 Å². The van der Waals surface area contributed by atoms with Crippen molar-refractivity contribution in [3.8, 4) is 11.5 Å². The predicted octanol–water partition coefficient (Wildman–Crippen LogP) is 3.23. The number of para-hydroxylation sites is 2. The SMILES string of the molecule is CCOc1ccccc1OCCC(C)C(N)CC. The minimum absolute atomic E-state index is 0.260.